The number of carbonyl (C=O) groups is 1. The van der Waals surface area contributed by atoms with E-state index in [9.17, 15) is 9.90 Å². The molecule has 1 aliphatic rings. The molecule has 2 aromatic rings. The minimum absolute atomic E-state index is 0.152. The van der Waals surface area contributed by atoms with Gasteiger partial charge in [-0.3, -0.25) is 14.4 Å². The van der Waals surface area contributed by atoms with Crippen LogP contribution in [0.25, 0.3) is 0 Å². The van der Waals surface area contributed by atoms with E-state index in [0.717, 1.165) is 18.0 Å². The van der Waals surface area contributed by atoms with Gasteiger partial charge in [0.05, 0.1) is 31.1 Å². The summed E-state index contributed by atoms with van der Waals surface area (Å²) < 4.78 is 7.48. The van der Waals surface area contributed by atoms with Crippen LogP contribution in [0.15, 0.2) is 22.6 Å². The van der Waals surface area contributed by atoms with E-state index < -0.39 is 6.10 Å². The van der Waals surface area contributed by atoms with E-state index in [4.69, 9.17) is 9.52 Å². The zero-order valence-electron chi connectivity index (χ0n) is 13.8. The third-order valence-electron chi connectivity index (χ3n) is 4.07. The summed E-state index contributed by atoms with van der Waals surface area (Å²) in [7, 11) is 3.38. The van der Waals surface area contributed by atoms with Gasteiger partial charge in [0.2, 0.25) is 0 Å². The summed E-state index contributed by atoms with van der Waals surface area (Å²) >= 11 is 0. The van der Waals surface area contributed by atoms with Crippen LogP contribution in [0.3, 0.4) is 0 Å². The average Bonchev–Trinajstić information content (AvgIpc) is 3.19. The normalized spacial score (nSPS) is 16.0. The van der Waals surface area contributed by atoms with Crippen molar-refractivity contribution in [3.63, 3.8) is 0 Å². The third kappa shape index (κ3) is 3.35. The molecule has 8 nitrogen and oxygen atoms in total. The molecule has 1 atom stereocenters. The van der Waals surface area contributed by atoms with Gasteiger partial charge in [-0.15, -0.1) is 0 Å². The van der Waals surface area contributed by atoms with Crippen LogP contribution in [0, 0.1) is 0 Å². The second-order valence-corrected chi connectivity index (χ2v) is 6.16. The van der Waals surface area contributed by atoms with Crippen molar-refractivity contribution in [1.29, 1.82) is 0 Å². The Morgan fingerprint density at radius 3 is 2.92 bits per heavy atom. The topological polar surface area (TPSA) is 95.0 Å². The number of fused-ring (bicyclic) bond motifs is 1. The molecule has 0 aliphatic carbocycles. The maximum absolute atomic E-state index is 11.9. The first-order chi connectivity index (χ1) is 11.5. The molecule has 0 saturated heterocycles. The lowest BCUT2D eigenvalue weighted by atomic mass is 10.2. The zero-order valence-corrected chi connectivity index (χ0v) is 13.8. The highest BCUT2D eigenvalue weighted by Gasteiger charge is 2.22. The minimum atomic E-state index is -0.943. The van der Waals surface area contributed by atoms with Crippen LogP contribution in [0.4, 0.5) is 0 Å². The minimum Gasteiger partial charge on any atom is -0.455 e. The second-order valence-electron chi connectivity index (χ2n) is 6.16. The number of hydrogen-bond donors (Lipinski definition) is 2. The number of carbonyl (C=O) groups excluding carboxylic acids is 1. The van der Waals surface area contributed by atoms with Crippen LogP contribution in [0.1, 0.15) is 33.8 Å². The maximum Gasteiger partial charge on any atom is 0.289 e. The molecule has 1 amide bonds. The largest absolute Gasteiger partial charge is 0.455 e. The summed E-state index contributed by atoms with van der Waals surface area (Å²) in [5.74, 6) is 0.926. The third-order valence-corrected chi connectivity index (χ3v) is 4.07. The Morgan fingerprint density at radius 1 is 1.42 bits per heavy atom. The van der Waals surface area contributed by atoms with Gasteiger partial charge in [0.15, 0.2) is 5.76 Å². The van der Waals surface area contributed by atoms with Crippen molar-refractivity contribution in [2.24, 2.45) is 0 Å². The fourth-order valence-corrected chi connectivity index (χ4v) is 2.75. The molecule has 0 fully saturated rings. The van der Waals surface area contributed by atoms with Crippen molar-refractivity contribution in [2.75, 3.05) is 27.2 Å². The van der Waals surface area contributed by atoms with Gasteiger partial charge >= 0.3 is 0 Å². The van der Waals surface area contributed by atoms with Crippen LogP contribution in [0.5, 0.6) is 0 Å². The molecule has 2 aromatic heterocycles. The van der Waals surface area contributed by atoms with Crippen LogP contribution < -0.4 is 0 Å². The van der Waals surface area contributed by atoms with Crippen molar-refractivity contribution in [1.82, 2.24) is 19.6 Å². The van der Waals surface area contributed by atoms with Gasteiger partial charge < -0.3 is 19.5 Å². The Balaban J connectivity index is 1.66. The second kappa shape index (κ2) is 6.76. The van der Waals surface area contributed by atoms with Crippen LogP contribution >= 0.6 is 0 Å². The SMILES string of the molecule is CN(C)C(=O)c1ccc(CN2CCn3nc([C@H](O)CO)cc3C2)o1. The van der Waals surface area contributed by atoms with Crippen molar-refractivity contribution in [2.45, 2.75) is 25.7 Å². The summed E-state index contributed by atoms with van der Waals surface area (Å²) in [6.45, 7) is 2.43. The Kier molecular flexibility index (Phi) is 4.70. The highest BCUT2D eigenvalue weighted by molar-refractivity contribution is 5.91. The number of amides is 1. The van der Waals surface area contributed by atoms with Crippen LogP contribution in [0.2, 0.25) is 0 Å². The molecule has 0 bridgehead atoms. The lowest BCUT2D eigenvalue weighted by molar-refractivity contribution is 0.0791. The van der Waals surface area contributed by atoms with E-state index >= 15 is 0 Å². The van der Waals surface area contributed by atoms with E-state index in [1.807, 2.05) is 16.8 Å². The number of hydrogen-bond acceptors (Lipinski definition) is 6. The molecule has 3 rings (SSSR count). The number of furan rings is 1. The fourth-order valence-electron chi connectivity index (χ4n) is 2.75. The smallest absolute Gasteiger partial charge is 0.289 e. The van der Waals surface area contributed by atoms with Crippen molar-refractivity contribution in [3.05, 3.63) is 41.1 Å². The van der Waals surface area contributed by atoms with Crippen molar-refractivity contribution in [3.8, 4) is 0 Å². The summed E-state index contributed by atoms with van der Waals surface area (Å²) in [6, 6.07) is 5.33. The molecule has 1 aliphatic heterocycles. The summed E-state index contributed by atoms with van der Waals surface area (Å²) in [5.41, 5.74) is 1.48. The Bertz CT molecular complexity index is 721. The molecule has 0 saturated carbocycles. The molecular weight excluding hydrogens is 312 g/mol. The molecule has 130 valence electrons. The van der Waals surface area contributed by atoms with Crippen LogP contribution in [-0.2, 0) is 19.6 Å². The van der Waals surface area contributed by atoms with Gasteiger partial charge in [-0.05, 0) is 18.2 Å². The van der Waals surface area contributed by atoms with Crippen molar-refractivity contribution >= 4 is 5.91 Å². The van der Waals surface area contributed by atoms with E-state index in [1.165, 1.54) is 4.90 Å². The molecule has 2 N–H and O–H groups in total. The van der Waals surface area contributed by atoms with Gasteiger partial charge in [0, 0.05) is 27.2 Å². The zero-order chi connectivity index (χ0) is 17.3. The quantitative estimate of drug-likeness (QED) is 0.812. The first-order valence-corrected chi connectivity index (χ1v) is 7.86. The summed E-state index contributed by atoms with van der Waals surface area (Å²) in [4.78, 5) is 15.5. The predicted molar refractivity (Wildman–Crippen MR) is 85.1 cm³/mol. The Labute approximate surface area is 139 Å². The number of nitrogens with zero attached hydrogens (tertiary/aromatic N) is 4. The molecule has 0 radical (unpaired) electrons. The van der Waals surface area contributed by atoms with Gasteiger partial charge in [0.1, 0.15) is 11.9 Å². The Hall–Kier alpha value is -2.16. The van der Waals surface area contributed by atoms with Gasteiger partial charge in [-0.25, -0.2) is 0 Å². The van der Waals surface area contributed by atoms with E-state index in [1.54, 1.807) is 20.2 Å². The number of aliphatic hydroxyl groups is 2. The monoisotopic (exact) mass is 334 g/mol. The van der Waals surface area contributed by atoms with E-state index in [-0.39, 0.29) is 12.5 Å². The van der Waals surface area contributed by atoms with Gasteiger partial charge in [0.25, 0.3) is 5.91 Å². The summed E-state index contributed by atoms with van der Waals surface area (Å²) in [5, 5.41) is 23.0. The standard InChI is InChI=1S/C16H22N4O4/c1-18(2)16(23)15-4-3-12(24-15)9-19-5-6-20-11(8-19)7-13(17-20)14(22)10-21/h3-4,7,14,21-22H,5-6,8-10H2,1-2H3/t14-/m1/s1. The molecule has 24 heavy (non-hydrogen) atoms. The highest BCUT2D eigenvalue weighted by atomic mass is 16.4. The summed E-state index contributed by atoms with van der Waals surface area (Å²) in [6.07, 6.45) is -0.943. The number of aliphatic hydroxyl groups excluding tert-OH is 2. The van der Waals surface area contributed by atoms with E-state index in [0.29, 0.717) is 31.1 Å². The lowest BCUT2D eigenvalue weighted by Gasteiger charge is -2.26. The molecular formula is C16H22N4O4. The highest BCUT2D eigenvalue weighted by Crippen LogP contribution is 2.20. The predicted octanol–water partition coefficient (Wildman–Crippen LogP) is 0.219. The lowest BCUT2D eigenvalue weighted by Crippen LogP contribution is -2.33. The number of rotatable bonds is 5. The molecule has 3 heterocycles. The van der Waals surface area contributed by atoms with Crippen LogP contribution in [-0.4, -0.2) is 62.9 Å². The van der Waals surface area contributed by atoms with Gasteiger partial charge in [-0.2, -0.15) is 5.10 Å². The average molecular weight is 334 g/mol. The van der Waals surface area contributed by atoms with Gasteiger partial charge in [-0.1, -0.05) is 0 Å². The Morgan fingerprint density at radius 2 is 2.21 bits per heavy atom. The van der Waals surface area contributed by atoms with Crippen molar-refractivity contribution < 1.29 is 19.4 Å². The molecule has 0 aromatic carbocycles. The fraction of sp³-hybridized carbons (Fsp3) is 0.500. The molecule has 0 spiro atoms. The first-order valence-electron chi connectivity index (χ1n) is 7.86. The molecule has 8 heteroatoms. The first kappa shape index (κ1) is 16.7. The molecule has 0 unspecified atom stereocenters. The number of aromatic nitrogens is 2. The van der Waals surface area contributed by atoms with E-state index in [2.05, 4.69) is 10.00 Å². The maximum atomic E-state index is 11.9.